The number of nitrogens with zero attached hydrogens (tertiary/aromatic N) is 3. The number of H-pyrrole nitrogens is 1. The topological polar surface area (TPSA) is 80.5 Å². The van der Waals surface area contributed by atoms with Gasteiger partial charge in [0.1, 0.15) is 0 Å². The minimum Gasteiger partial charge on any atom is -0.330 e. The van der Waals surface area contributed by atoms with E-state index in [1.54, 1.807) is 6.20 Å². The molecule has 1 aromatic carbocycles. The lowest BCUT2D eigenvalue weighted by molar-refractivity contribution is 0.475. The smallest absolute Gasteiger partial charge is 0.155 e. The number of nitrogens with two attached hydrogens (primary N) is 1. The SMILES string of the molecule is CC(CN)(Cc1ccccn1)c1cccc(-c2ccnc3[nH]ncc23)c1. The number of rotatable bonds is 5. The number of hydrogen-bond acceptors (Lipinski definition) is 4. The monoisotopic (exact) mass is 343 g/mol. The number of hydrogen-bond donors (Lipinski definition) is 2. The average molecular weight is 343 g/mol. The molecule has 26 heavy (non-hydrogen) atoms. The third-order valence-corrected chi connectivity index (χ3v) is 4.97. The molecule has 0 bridgehead atoms. The highest BCUT2D eigenvalue weighted by Crippen LogP contribution is 2.32. The van der Waals surface area contributed by atoms with E-state index < -0.39 is 0 Å². The molecule has 0 amide bonds. The second kappa shape index (κ2) is 6.69. The fraction of sp³-hybridized carbons (Fsp3) is 0.190. The van der Waals surface area contributed by atoms with E-state index in [9.17, 15) is 0 Å². The zero-order valence-electron chi connectivity index (χ0n) is 14.7. The lowest BCUT2D eigenvalue weighted by Crippen LogP contribution is -2.34. The van der Waals surface area contributed by atoms with Crippen molar-refractivity contribution in [3.63, 3.8) is 0 Å². The summed E-state index contributed by atoms with van der Waals surface area (Å²) >= 11 is 0. The Bertz CT molecular complexity index is 1020. The number of pyridine rings is 2. The Morgan fingerprint density at radius 3 is 2.77 bits per heavy atom. The van der Waals surface area contributed by atoms with Gasteiger partial charge in [0.05, 0.1) is 6.20 Å². The highest BCUT2D eigenvalue weighted by Gasteiger charge is 2.26. The maximum absolute atomic E-state index is 6.20. The van der Waals surface area contributed by atoms with E-state index in [-0.39, 0.29) is 5.41 Å². The van der Waals surface area contributed by atoms with Crippen LogP contribution in [0.1, 0.15) is 18.2 Å². The molecule has 130 valence electrons. The van der Waals surface area contributed by atoms with Crippen LogP contribution in [0.5, 0.6) is 0 Å². The van der Waals surface area contributed by atoms with Crippen LogP contribution < -0.4 is 5.73 Å². The molecule has 0 aliphatic rings. The third kappa shape index (κ3) is 2.97. The fourth-order valence-electron chi connectivity index (χ4n) is 3.36. The van der Waals surface area contributed by atoms with E-state index in [2.05, 4.69) is 57.4 Å². The van der Waals surface area contributed by atoms with E-state index in [1.165, 1.54) is 5.56 Å². The summed E-state index contributed by atoms with van der Waals surface area (Å²) in [7, 11) is 0. The summed E-state index contributed by atoms with van der Waals surface area (Å²) in [6, 6.07) is 16.6. The highest BCUT2D eigenvalue weighted by molar-refractivity contribution is 5.92. The van der Waals surface area contributed by atoms with Gasteiger partial charge in [-0.3, -0.25) is 10.1 Å². The van der Waals surface area contributed by atoms with Crippen molar-refractivity contribution in [3.8, 4) is 11.1 Å². The van der Waals surface area contributed by atoms with E-state index in [0.717, 1.165) is 34.3 Å². The summed E-state index contributed by atoms with van der Waals surface area (Å²) in [5.41, 5.74) is 11.3. The number of aromatic nitrogens is 4. The molecule has 0 saturated heterocycles. The minimum absolute atomic E-state index is 0.188. The maximum atomic E-state index is 6.20. The van der Waals surface area contributed by atoms with E-state index >= 15 is 0 Å². The van der Waals surface area contributed by atoms with Gasteiger partial charge >= 0.3 is 0 Å². The van der Waals surface area contributed by atoms with Crippen molar-refractivity contribution in [1.29, 1.82) is 0 Å². The van der Waals surface area contributed by atoms with Gasteiger partial charge in [-0.25, -0.2) is 4.98 Å². The quantitative estimate of drug-likeness (QED) is 0.581. The van der Waals surface area contributed by atoms with Crippen LogP contribution in [0.4, 0.5) is 0 Å². The van der Waals surface area contributed by atoms with Crippen molar-refractivity contribution in [2.24, 2.45) is 5.73 Å². The van der Waals surface area contributed by atoms with Crippen molar-refractivity contribution >= 4 is 11.0 Å². The second-order valence-electron chi connectivity index (χ2n) is 6.83. The first-order valence-corrected chi connectivity index (χ1v) is 8.69. The van der Waals surface area contributed by atoms with Gasteiger partial charge in [-0.05, 0) is 34.9 Å². The molecule has 1 atom stereocenters. The molecule has 0 spiro atoms. The van der Waals surface area contributed by atoms with Crippen molar-refractivity contribution < 1.29 is 0 Å². The van der Waals surface area contributed by atoms with Gasteiger partial charge in [-0.15, -0.1) is 0 Å². The Morgan fingerprint density at radius 1 is 1.04 bits per heavy atom. The van der Waals surface area contributed by atoms with Crippen molar-refractivity contribution in [1.82, 2.24) is 20.2 Å². The van der Waals surface area contributed by atoms with E-state index in [1.807, 2.05) is 30.6 Å². The summed E-state index contributed by atoms with van der Waals surface area (Å²) in [4.78, 5) is 8.80. The summed E-state index contributed by atoms with van der Waals surface area (Å²) in [6.07, 6.45) is 6.25. The van der Waals surface area contributed by atoms with Crippen molar-refractivity contribution in [2.75, 3.05) is 6.54 Å². The third-order valence-electron chi connectivity index (χ3n) is 4.97. The Balaban J connectivity index is 1.76. The zero-order valence-corrected chi connectivity index (χ0v) is 14.7. The maximum Gasteiger partial charge on any atom is 0.155 e. The first kappa shape index (κ1) is 16.4. The molecule has 3 heterocycles. The molecule has 0 aliphatic heterocycles. The highest BCUT2D eigenvalue weighted by atomic mass is 15.1. The number of nitrogens with one attached hydrogen (secondary N) is 1. The van der Waals surface area contributed by atoms with Gasteiger partial charge in [-0.1, -0.05) is 37.3 Å². The Labute approximate surface area is 152 Å². The molecule has 0 fully saturated rings. The largest absolute Gasteiger partial charge is 0.330 e. The van der Waals surface area contributed by atoms with Gasteiger partial charge in [0, 0.05) is 41.9 Å². The Morgan fingerprint density at radius 2 is 1.96 bits per heavy atom. The molecular formula is C21H21N5. The first-order chi connectivity index (χ1) is 12.7. The van der Waals surface area contributed by atoms with Gasteiger partial charge in [0.15, 0.2) is 5.65 Å². The molecule has 5 heteroatoms. The van der Waals surface area contributed by atoms with Crippen molar-refractivity contribution in [3.05, 3.63) is 78.4 Å². The van der Waals surface area contributed by atoms with E-state index in [4.69, 9.17) is 5.73 Å². The molecule has 4 aromatic rings. The van der Waals surface area contributed by atoms with Crippen LogP contribution in [0.15, 0.2) is 67.1 Å². The summed E-state index contributed by atoms with van der Waals surface area (Å²) in [6.45, 7) is 2.74. The number of fused-ring (bicyclic) bond motifs is 1. The summed E-state index contributed by atoms with van der Waals surface area (Å²) in [5.74, 6) is 0. The second-order valence-corrected chi connectivity index (χ2v) is 6.83. The zero-order chi connectivity index (χ0) is 18.0. The van der Waals surface area contributed by atoms with E-state index in [0.29, 0.717) is 6.54 Å². The Hall–Kier alpha value is -3.05. The number of aromatic amines is 1. The van der Waals surface area contributed by atoms with Crippen LogP contribution in [-0.2, 0) is 11.8 Å². The standard InChI is InChI=1S/C21H21N5/c1-21(14-22,12-17-7-2-3-9-23-17)16-6-4-5-15(11-16)18-8-10-24-20-19(18)13-25-26-20/h2-11,13H,12,14,22H2,1H3,(H,24,25,26). The molecule has 0 aliphatic carbocycles. The van der Waals surface area contributed by atoms with Crippen LogP contribution in [0.2, 0.25) is 0 Å². The lowest BCUT2D eigenvalue weighted by Gasteiger charge is -2.29. The van der Waals surface area contributed by atoms with Crippen LogP contribution >= 0.6 is 0 Å². The minimum atomic E-state index is -0.188. The molecule has 0 radical (unpaired) electrons. The Kier molecular flexibility index (Phi) is 4.22. The van der Waals surface area contributed by atoms with Crippen LogP contribution in [0, 0.1) is 0 Å². The van der Waals surface area contributed by atoms with Gasteiger partial charge < -0.3 is 5.73 Å². The summed E-state index contributed by atoms with van der Waals surface area (Å²) in [5, 5.41) is 8.06. The molecule has 3 N–H and O–H groups in total. The predicted octanol–water partition coefficient (Wildman–Crippen LogP) is 3.48. The predicted molar refractivity (Wildman–Crippen MR) is 104 cm³/mol. The van der Waals surface area contributed by atoms with Gasteiger partial charge in [0.2, 0.25) is 0 Å². The van der Waals surface area contributed by atoms with Gasteiger partial charge in [-0.2, -0.15) is 5.10 Å². The molecule has 5 nitrogen and oxygen atoms in total. The lowest BCUT2D eigenvalue weighted by atomic mass is 9.77. The van der Waals surface area contributed by atoms with Crippen LogP contribution in [0.3, 0.4) is 0 Å². The first-order valence-electron chi connectivity index (χ1n) is 8.69. The van der Waals surface area contributed by atoms with Crippen LogP contribution in [-0.4, -0.2) is 26.7 Å². The fourth-order valence-corrected chi connectivity index (χ4v) is 3.36. The van der Waals surface area contributed by atoms with Crippen LogP contribution in [0.25, 0.3) is 22.2 Å². The normalized spacial score (nSPS) is 13.6. The summed E-state index contributed by atoms with van der Waals surface area (Å²) < 4.78 is 0. The number of benzene rings is 1. The molecule has 3 aromatic heterocycles. The molecular weight excluding hydrogens is 322 g/mol. The molecule has 1 unspecified atom stereocenters. The van der Waals surface area contributed by atoms with Gasteiger partial charge in [0.25, 0.3) is 0 Å². The van der Waals surface area contributed by atoms with Crippen molar-refractivity contribution in [2.45, 2.75) is 18.8 Å². The molecule has 0 saturated carbocycles. The molecule has 4 rings (SSSR count). The average Bonchev–Trinajstić information content (AvgIpc) is 3.17.